The summed E-state index contributed by atoms with van der Waals surface area (Å²) in [7, 11) is 0. The molecule has 3 aliphatic rings. The Hall–Kier alpha value is -1.72. The van der Waals surface area contributed by atoms with Gasteiger partial charge in [-0.2, -0.15) is 0 Å². The Morgan fingerprint density at radius 1 is 1.32 bits per heavy atom. The lowest BCUT2D eigenvalue weighted by molar-refractivity contribution is 0.0286. The van der Waals surface area contributed by atoms with Crippen LogP contribution in [0.25, 0.3) is 0 Å². The molecule has 0 spiro atoms. The number of phenols is 1. The summed E-state index contributed by atoms with van der Waals surface area (Å²) in [4.78, 5) is 0. The number of aliphatic hydroxyl groups excluding tert-OH is 1. The number of aromatic hydroxyl groups is 1. The van der Waals surface area contributed by atoms with Gasteiger partial charge in [0.1, 0.15) is 5.75 Å². The molecule has 114 valence electrons. The van der Waals surface area contributed by atoms with E-state index in [1.54, 1.807) is 12.1 Å². The van der Waals surface area contributed by atoms with Crippen LogP contribution in [0.4, 0.5) is 0 Å². The normalized spacial score (nSPS) is 39.2. The van der Waals surface area contributed by atoms with Crippen molar-refractivity contribution >= 4 is 0 Å². The quantitative estimate of drug-likeness (QED) is 0.712. The van der Waals surface area contributed by atoms with Crippen LogP contribution in [0.5, 0.6) is 5.75 Å². The number of terminal acetylenes is 1. The lowest BCUT2D eigenvalue weighted by Crippen LogP contribution is -2.41. The molecule has 1 fully saturated rings. The van der Waals surface area contributed by atoms with Crippen LogP contribution in [0, 0.1) is 29.6 Å². The van der Waals surface area contributed by atoms with Crippen LogP contribution < -0.4 is 0 Å². The third-order valence-electron chi connectivity index (χ3n) is 6.50. The number of rotatable bonds is 0. The average Bonchev–Trinajstić information content (AvgIpc) is 2.84. The molecule has 0 aliphatic heterocycles. The van der Waals surface area contributed by atoms with Crippen LogP contribution in [-0.4, -0.2) is 10.2 Å². The van der Waals surface area contributed by atoms with Gasteiger partial charge in [0.05, 0.1) is 6.10 Å². The number of hydrogen-bond donors (Lipinski definition) is 2. The number of allylic oxidation sites excluding steroid dienone is 2. The van der Waals surface area contributed by atoms with Crippen molar-refractivity contribution in [2.24, 2.45) is 17.3 Å². The van der Waals surface area contributed by atoms with E-state index in [0.29, 0.717) is 17.8 Å². The second-order valence-corrected chi connectivity index (χ2v) is 7.40. The molecular weight excluding hydrogens is 272 g/mol. The van der Waals surface area contributed by atoms with E-state index in [0.717, 1.165) is 31.2 Å². The molecule has 0 bridgehead atoms. The van der Waals surface area contributed by atoms with Crippen LogP contribution >= 0.6 is 0 Å². The third-order valence-corrected chi connectivity index (χ3v) is 6.50. The van der Waals surface area contributed by atoms with Crippen LogP contribution in [0.2, 0.25) is 0 Å². The number of hydrogen-bond acceptors (Lipinski definition) is 2. The predicted octanol–water partition coefficient (Wildman–Crippen LogP) is 3.91. The Bertz CT molecular complexity index is 696. The Kier molecular flexibility index (Phi) is 2.93. The van der Waals surface area contributed by atoms with Crippen molar-refractivity contribution in [3.05, 3.63) is 41.0 Å². The highest BCUT2D eigenvalue weighted by Crippen LogP contribution is 2.62. The molecule has 0 heterocycles. The SMILES string of the molecule is C#CC1=CCC2C3CC(O)c4cc(O)ccc4C3CCC12C. The second-order valence-electron chi connectivity index (χ2n) is 7.40. The number of benzene rings is 1. The number of aliphatic hydroxyl groups is 1. The van der Waals surface area contributed by atoms with Gasteiger partial charge in [0.25, 0.3) is 0 Å². The Morgan fingerprint density at radius 2 is 2.14 bits per heavy atom. The van der Waals surface area contributed by atoms with E-state index in [2.05, 4.69) is 18.9 Å². The van der Waals surface area contributed by atoms with Gasteiger partial charge in [-0.1, -0.05) is 25.0 Å². The van der Waals surface area contributed by atoms with Crippen molar-refractivity contribution in [2.75, 3.05) is 0 Å². The van der Waals surface area contributed by atoms with Crippen molar-refractivity contribution in [1.29, 1.82) is 0 Å². The highest BCUT2D eigenvalue weighted by Gasteiger charge is 2.52. The molecule has 22 heavy (non-hydrogen) atoms. The Labute approximate surface area is 131 Å². The van der Waals surface area contributed by atoms with Gasteiger partial charge in [-0.3, -0.25) is 0 Å². The van der Waals surface area contributed by atoms with Crippen molar-refractivity contribution < 1.29 is 10.2 Å². The van der Waals surface area contributed by atoms with Gasteiger partial charge >= 0.3 is 0 Å². The minimum Gasteiger partial charge on any atom is -0.508 e. The molecule has 5 unspecified atom stereocenters. The van der Waals surface area contributed by atoms with E-state index in [-0.39, 0.29) is 11.2 Å². The van der Waals surface area contributed by atoms with Gasteiger partial charge in [-0.05, 0) is 66.7 Å². The summed E-state index contributed by atoms with van der Waals surface area (Å²) < 4.78 is 0. The predicted molar refractivity (Wildman–Crippen MR) is 86.3 cm³/mol. The van der Waals surface area contributed by atoms with Crippen LogP contribution in [0.3, 0.4) is 0 Å². The molecule has 1 aromatic rings. The molecule has 1 saturated carbocycles. The first kappa shape index (κ1) is 13.9. The first-order chi connectivity index (χ1) is 10.5. The van der Waals surface area contributed by atoms with E-state index in [1.807, 2.05) is 6.07 Å². The summed E-state index contributed by atoms with van der Waals surface area (Å²) in [6.07, 6.45) is 11.5. The zero-order valence-corrected chi connectivity index (χ0v) is 12.9. The Balaban J connectivity index is 1.75. The molecule has 5 atom stereocenters. The maximum atomic E-state index is 10.6. The molecule has 1 aromatic carbocycles. The topological polar surface area (TPSA) is 40.5 Å². The van der Waals surface area contributed by atoms with Crippen LogP contribution in [0.1, 0.15) is 55.8 Å². The molecule has 2 heteroatoms. The second kappa shape index (κ2) is 4.64. The van der Waals surface area contributed by atoms with E-state index in [1.165, 1.54) is 11.1 Å². The lowest BCUT2D eigenvalue weighted by Gasteiger charge is -2.50. The summed E-state index contributed by atoms with van der Waals surface area (Å²) in [6.45, 7) is 2.31. The van der Waals surface area contributed by atoms with Crippen molar-refractivity contribution in [1.82, 2.24) is 0 Å². The fourth-order valence-corrected chi connectivity index (χ4v) is 5.37. The maximum Gasteiger partial charge on any atom is 0.115 e. The highest BCUT2D eigenvalue weighted by atomic mass is 16.3. The molecule has 3 aliphatic carbocycles. The van der Waals surface area contributed by atoms with Gasteiger partial charge < -0.3 is 10.2 Å². The fraction of sp³-hybridized carbons (Fsp3) is 0.500. The first-order valence-corrected chi connectivity index (χ1v) is 8.22. The average molecular weight is 294 g/mol. The Morgan fingerprint density at radius 3 is 2.91 bits per heavy atom. The van der Waals surface area contributed by atoms with E-state index in [4.69, 9.17) is 6.42 Å². The van der Waals surface area contributed by atoms with Gasteiger partial charge in [0.15, 0.2) is 0 Å². The van der Waals surface area contributed by atoms with Crippen molar-refractivity contribution in [2.45, 2.75) is 44.6 Å². The maximum absolute atomic E-state index is 10.6. The summed E-state index contributed by atoms with van der Waals surface area (Å²) >= 11 is 0. The van der Waals surface area contributed by atoms with E-state index < -0.39 is 6.10 Å². The summed E-state index contributed by atoms with van der Waals surface area (Å²) in [6, 6.07) is 5.50. The molecule has 2 nitrogen and oxygen atoms in total. The smallest absolute Gasteiger partial charge is 0.115 e. The molecule has 0 amide bonds. The van der Waals surface area contributed by atoms with Crippen molar-refractivity contribution in [3.63, 3.8) is 0 Å². The van der Waals surface area contributed by atoms with E-state index in [9.17, 15) is 10.2 Å². The summed E-state index contributed by atoms with van der Waals surface area (Å²) in [5, 5.41) is 20.3. The molecule has 4 rings (SSSR count). The minimum absolute atomic E-state index is 0.115. The standard InChI is InChI=1S/C20H22O2/c1-3-12-4-7-18-16-11-19(22)17-10-13(21)5-6-14(17)15(16)8-9-20(12,18)2/h1,4-6,10,15-16,18-19,21-22H,7-9,11H2,2H3. The number of phenolic OH excluding ortho intramolecular Hbond substituents is 1. The molecule has 0 radical (unpaired) electrons. The van der Waals surface area contributed by atoms with Crippen LogP contribution in [-0.2, 0) is 0 Å². The van der Waals surface area contributed by atoms with Gasteiger partial charge in [-0.15, -0.1) is 6.42 Å². The lowest BCUT2D eigenvalue weighted by atomic mass is 9.54. The molecule has 2 N–H and O–H groups in total. The number of fused-ring (bicyclic) bond motifs is 5. The molecule has 0 saturated heterocycles. The zero-order chi connectivity index (χ0) is 15.5. The fourth-order valence-electron chi connectivity index (χ4n) is 5.37. The first-order valence-electron chi connectivity index (χ1n) is 8.22. The zero-order valence-electron chi connectivity index (χ0n) is 12.9. The molecule has 0 aromatic heterocycles. The van der Waals surface area contributed by atoms with Gasteiger partial charge in [0, 0.05) is 11.0 Å². The minimum atomic E-state index is -0.472. The van der Waals surface area contributed by atoms with E-state index >= 15 is 0 Å². The largest absolute Gasteiger partial charge is 0.508 e. The molecular formula is C20H22O2. The van der Waals surface area contributed by atoms with Crippen LogP contribution in [0.15, 0.2) is 29.8 Å². The van der Waals surface area contributed by atoms with Crippen molar-refractivity contribution in [3.8, 4) is 18.1 Å². The highest BCUT2D eigenvalue weighted by molar-refractivity contribution is 5.44. The monoisotopic (exact) mass is 294 g/mol. The third kappa shape index (κ3) is 1.72. The summed E-state index contributed by atoms with van der Waals surface area (Å²) in [5.74, 6) is 4.65. The summed E-state index contributed by atoms with van der Waals surface area (Å²) in [5.41, 5.74) is 3.44. The van der Waals surface area contributed by atoms with Gasteiger partial charge in [0.2, 0.25) is 0 Å². The van der Waals surface area contributed by atoms with Gasteiger partial charge in [-0.25, -0.2) is 0 Å².